The van der Waals surface area contributed by atoms with Gasteiger partial charge >= 0.3 is 0 Å². The minimum absolute atomic E-state index is 0.585. The van der Waals surface area contributed by atoms with Crippen LogP contribution in [0.1, 0.15) is 44.5 Å². The van der Waals surface area contributed by atoms with E-state index in [1.54, 1.807) is 0 Å². The molecule has 0 unspecified atom stereocenters. The maximum atomic E-state index is 2.49. The zero-order valence-corrected chi connectivity index (χ0v) is 77.3. The van der Waals surface area contributed by atoms with Crippen LogP contribution in [0.25, 0.3) is 158 Å². The molecule has 4 aromatic heterocycles. The SMILES string of the molecule is c1ccc(-c2ccc(-n3c4ccccc4c4ccc(N(c5ccccc5)c5ccc6c(c5)C(c5ccccc5)(c5ccccc5)c5cccc(-c7ccc(-n8c9ccccc9c9ccccc98)cc7)c5-6)cc43)cc2)cc1.c1ccc(N(c2ccc3c(c2)C(c2ccccc2)(c2ccccc2)c2cccc(-c4ccc(-n5c6ccccc6c6ccccc65)cc4)c2-3)c2ccc3sc4ccccc4c3c2)cc1. The van der Waals surface area contributed by atoms with Gasteiger partial charge in [-0.15, -0.1) is 11.3 Å². The topological polar surface area (TPSA) is 21.3 Å². The number of para-hydroxylation sites is 7. The van der Waals surface area contributed by atoms with Gasteiger partial charge in [-0.05, 0) is 252 Å². The zero-order chi connectivity index (χ0) is 92.4. The van der Waals surface area contributed by atoms with Gasteiger partial charge in [0.1, 0.15) is 0 Å². The Morgan fingerprint density at radius 2 is 0.457 bits per heavy atom. The van der Waals surface area contributed by atoms with Gasteiger partial charge in [0.2, 0.25) is 0 Å². The molecule has 28 rings (SSSR count). The molecular weight excluding hydrogens is 1710 g/mol. The molecule has 2 aliphatic rings. The van der Waals surface area contributed by atoms with Crippen molar-refractivity contribution in [3.05, 3.63) is 584 Å². The van der Waals surface area contributed by atoms with Crippen LogP contribution < -0.4 is 9.80 Å². The molecule has 140 heavy (non-hydrogen) atoms. The third-order valence-corrected chi connectivity index (χ3v) is 30.6. The van der Waals surface area contributed by atoms with Crippen molar-refractivity contribution >= 4 is 131 Å². The first-order chi connectivity index (χ1) is 69.5. The summed E-state index contributed by atoms with van der Waals surface area (Å²) in [4.78, 5) is 4.88. The molecule has 0 bridgehead atoms. The molecular formula is C134H89N5S. The molecule has 0 aliphatic heterocycles. The molecule has 0 atom stereocenters. The Labute approximate surface area is 816 Å². The maximum absolute atomic E-state index is 2.49. The Hall–Kier alpha value is -17.9. The van der Waals surface area contributed by atoms with Gasteiger partial charge < -0.3 is 23.5 Å². The van der Waals surface area contributed by atoms with Crippen LogP contribution >= 0.6 is 11.3 Å². The van der Waals surface area contributed by atoms with E-state index in [0.29, 0.717) is 0 Å². The van der Waals surface area contributed by atoms with Crippen molar-refractivity contribution in [3.63, 3.8) is 0 Å². The second-order valence-corrected chi connectivity index (χ2v) is 37.9. The van der Waals surface area contributed by atoms with Crippen molar-refractivity contribution in [2.75, 3.05) is 9.80 Å². The predicted octanol–water partition coefficient (Wildman–Crippen LogP) is 35.7. The second kappa shape index (κ2) is 33.6. The molecule has 26 aromatic rings. The lowest BCUT2D eigenvalue weighted by atomic mass is 9.67. The molecule has 0 radical (unpaired) electrons. The van der Waals surface area contributed by atoms with Gasteiger partial charge in [0.15, 0.2) is 0 Å². The van der Waals surface area contributed by atoms with Gasteiger partial charge in [-0.1, -0.05) is 388 Å². The van der Waals surface area contributed by atoms with Crippen molar-refractivity contribution in [2.45, 2.75) is 10.8 Å². The average Bonchev–Trinajstić information content (AvgIpc) is 1.53. The molecule has 0 fully saturated rings. The number of thiophene rings is 1. The summed E-state index contributed by atoms with van der Waals surface area (Å²) < 4.78 is 9.83. The van der Waals surface area contributed by atoms with E-state index in [4.69, 9.17) is 0 Å². The highest BCUT2D eigenvalue weighted by Gasteiger charge is 2.50. The fraction of sp³-hybridized carbons (Fsp3) is 0.0149. The van der Waals surface area contributed by atoms with E-state index >= 15 is 0 Å². The summed E-state index contributed by atoms with van der Waals surface area (Å²) in [5.74, 6) is 0. The fourth-order valence-corrected chi connectivity index (χ4v) is 24.6. The molecule has 0 N–H and O–H groups in total. The van der Waals surface area contributed by atoms with Crippen molar-refractivity contribution in [1.29, 1.82) is 0 Å². The molecule has 0 saturated heterocycles. The molecule has 656 valence electrons. The van der Waals surface area contributed by atoms with Gasteiger partial charge in [-0.2, -0.15) is 0 Å². The summed E-state index contributed by atoms with van der Waals surface area (Å²) >= 11 is 1.86. The lowest BCUT2D eigenvalue weighted by molar-refractivity contribution is 0.768. The highest BCUT2D eigenvalue weighted by atomic mass is 32.1. The minimum Gasteiger partial charge on any atom is -0.310 e. The first kappa shape index (κ1) is 81.6. The monoisotopic (exact) mass is 1800 g/mol. The number of fused-ring (bicyclic) bond motifs is 18. The molecule has 4 heterocycles. The smallest absolute Gasteiger partial charge is 0.0714 e. The third kappa shape index (κ3) is 13.0. The predicted molar refractivity (Wildman–Crippen MR) is 589 cm³/mol. The van der Waals surface area contributed by atoms with Crippen molar-refractivity contribution in [2.24, 2.45) is 0 Å². The lowest BCUT2D eigenvalue weighted by Crippen LogP contribution is -2.28. The summed E-state index contributed by atoms with van der Waals surface area (Å²) in [5.41, 5.74) is 38.2. The molecule has 0 amide bonds. The average molecular weight is 1800 g/mol. The summed E-state index contributed by atoms with van der Waals surface area (Å²) in [6.07, 6.45) is 0. The van der Waals surface area contributed by atoms with Crippen LogP contribution in [0.5, 0.6) is 0 Å². The quantitative estimate of drug-likeness (QED) is 0.0961. The third-order valence-electron chi connectivity index (χ3n) is 29.5. The zero-order valence-electron chi connectivity index (χ0n) is 76.5. The highest BCUT2D eigenvalue weighted by molar-refractivity contribution is 7.25. The molecule has 5 nitrogen and oxygen atoms in total. The summed E-state index contributed by atoms with van der Waals surface area (Å²) in [5, 5.41) is 10.1. The minimum atomic E-state index is -0.632. The summed E-state index contributed by atoms with van der Waals surface area (Å²) in [6, 6.07) is 199. The van der Waals surface area contributed by atoms with Crippen LogP contribution in [0.3, 0.4) is 0 Å². The van der Waals surface area contributed by atoms with Gasteiger partial charge in [0, 0.05) is 104 Å². The Kier molecular flexibility index (Phi) is 19.6. The second-order valence-electron chi connectivity index (χ2n) is 36.8. The van der Waals surface area contributed by atoms with E-state index in [1.165, 1.54) is 180 Å². The van der Waals surface area contributed by atoms with Crippen LogP contribution in [0.4, 0.5) is 34.1 Å². The van der Waals surface area contributed by atoms with E-state index in [-0.39, 0.29) is 0 Å². The number of anilines is 6. The van der Waals surface area contributed by atoms with Crippen molar-refractivity contribution in [1.82, 2.24) is 13.7 Å². The first-order valence-electron chi connectivity index (χ1n) is 48.3. The van der Waals surface area contributed by atoms with Crippen LogP contribution in [0.2, 0.25) is 0 Å². The van der Waals surface area contributed by atoms with E-state index in [2.05, 4.69) is 563 Å². The first-order valence-corrected chi connectivity index (χ1v) is 49.1. The number of nitrogens with zero attached hydrogens (tertiary/aromatic N) is 5. The molecule has 22 aromatic carbocycles. The number of benzene rings is 22. The number of hydrogen-bond donors (Lipinski definition) is 0. The Balaban J connectivity index is 0.000000143. The standard InChI is InChI=1S/C73H49N3.C61H40N2S/c1-5-20-50(21-6-1)51-36-40-57(41-37-51)76-70-35-18-15-30-63(70)64-46-44-59(49-71(64)76)74(55-26-11-4-12-27-55)58-45-47-65-67(48-58)73(53-22-7-2-8-23-53,54-24-9-3-10-25-54)66-32-19-31-60(72(65)66)52-38-42-56(43-39-52)75-68-33-16-13-28-61(68)62-29-14-17-34-69(62)75;1-4-17-42(18-5-1)61(43-19-6-2-7-20-43)54-27-16-26-48(41-31-33-45(34-32-41)63-56-28-13-10-23-49(56)50-24-11-14-29-57(50)63)60(54)52-37-35-47(40-55(52)61)62(44-21-8-3-9-22-44)46-36-38-59-53(39-46)51-25-12-15-30-58(51)64-59/h1-49H;1-40H. The Morgan fingerprint density at radius 1 is 0.164 bits per heavy atom. The lowest BCUT2D eigenvalue weighted by Gasteiger charge is -2.35. The van der Waals surface area contributed by atoms with Crippen molar-refractivity contribution in [3.8, 4) is 72.7 Å². The van der Waals surface area contributed by atoms with Crippen LogP contribution in [-0.4, -0.2) is 13.7 Å². The highest BCUT2D eigenvalue weighted by Crippen LogP contribution is 2.63. The van der Waals surface area contributed by atoms with Gasteiger partial charge in [-0.3, -0.25) is 0 Å². The summed E-state index contributed by atoms with van der Waals surface area (Å²) in [6.45, 7) is 0. The van der Waals surface area contributed by atoms with Crippen LogP contribution in [-0.2, 0) is 10.8 Å². The normalized spacial score (nSPS) is 12.7. The Bertz CT molecular complexity index is 9080. The van der Waals surface area contributed by atoms with E-state index in [0.717, 1.165) is 56.7 Å². The van der Waals surface area contributed by atoms with E-state index < -0.39 is 10.8 Å². The van der Waals surface area contributed by atoms with Crippen molar-refractivity contribution < 1.29 is 0 Å². The number of aromatic nitrogens is 3. The summed E-state index contributed by atoms with van der Waals surface area (Å²) in [7, 11) is 0. The van der Waals surface area contributed by atoms with Crippen LogP contribution in [0.15, 0.2) is 540 Å². The van der Waals surface area contributed by atoms with Gasteiger partial charge in [0.05, 0.1) is 43.9 Å². The molecule has 0 spiro atoms. The fourth-order valence-electron chi connectivity index (χ4n) is 23.5. The molecule has 0 saturated carbocycles. The number of hydrogen-bond acceptors (Lipinski definition) is 3. The van der Waals surface area contributed by atoms with Gasteiger partial charge in [0.25, 0.3) is 0 Å². The Morgan fingerprint density at radius 3 is 0.857 bits per heavy atom. The van der Waals surface area contributed by atoms with E-state index in [9.17, 15) is 0 Å². The van der Waals surface area contributed by atoms with Gasteiger partial charge in [-0.25, -0.2) is 0 Å². The van der Waals surface area contributed by atoms with E-state index in [1.807, 2.05) is 11.3 Å². The van der Waals surface area contributed by atoms with Crippen LogP contribution in [0, 0.1) is 0 Å². The molecule has 2 aliphatic carbocycles. The largest absolute Gasteiger partial charge is 0.310 e. The maximum Gasteiger partial charge on any atom is 0.0714 e. The number of rotatable bonds is 16. The molecule has 6 heteroatoms.